The fourth-order valence-electron chi connectivity index (χ4n) is 1.67. The van der Waals surface area contributed by atoms with E-state index in [0.717, 1.165) is 4.47 Å². The van der Waals surface area contributed by atoms with Gasteiger partial charge in [-0.25, -0.2) is 4.39 Å². The van der Waals surface area contributed by atoms with E-state index in [1.54, 1.807) is 19.2 Å². The van der Waals surface area contributed by atoms with Crippen LogP contribution in [-0.4, -0.2) is 24.7 Å². The molecular weight excluding hydrogens is 298 g/mol. The summed E-state index contributed by atoms with van der Waals surface area (Å²) in [6.45, 7) is 0. The van der Waals surface area contributed by atoms with Gasteiger partial charge in [-0.3, -0.25) is 0 Å². The Morgan fingerprint density at radius 2 is 2.25 bits per heavy atom. The Bertz CT molecular complexity index is 388. The highest BCUT2D eigenvalue weighted by Crippen LogP contribution is 2.34. The van der Waals surface area contributed by atoms with Crippen LogP contribution < -0.4 is 4.74 Å². The van der Waals surface area contributed by atoms with Crippen molar-refractivity contribution in [2.24, 2.45) is 0 Å². The van der Waals surface area contributed by atoms with Crippen molar-refractivity contribution in [2.45, 2.75) is 24.0 Å². The van der Waals surface area contributed by atoms with Gasteiger partial charge in [-0.2, -0.15) is 0 Å². The third-order valence-electron chi connectivity index (χ3n) is 2.62. The first-order valence-corrected chi connectivity index (χ1v) is 6.13. The second kappa shape index (κ2) is 4.90. The first-order valence-electron chi connectivity index (χ1n) is 4.90. The summed E-state index contributed by atoms with van der Waals surface area (Å²) in [6, 6.07) is 4.59. The monoisotopic (exact) mass is 308 g/mol. The van der Waals surface area contributed by atoms with Gasteiger partial charge in [0.1, 0.15) is 12.2 Å². The zero-order valence-electron chi connectivity index (χ0n) is 8.62. The molecular formula is C11H11BrClFO2. The molecule has 0 heterocycles. The average Bonchev–Trinajstić information content (AvgIpc) is 2.23. The Labute approximate surface area is 107 Å². The molecule has 1 fully saturated rings. The van der Waals surface area contributed by atoms with Crippen molar-refractivity contribution >= 4 is 27.5 Å². The van der Waals surface area contributed by atoms with Gasteiger partial charge in [-0.05, 0) is 18.2 Å². The lowest BCUT2D eigenvalue weighted by atomic mass is 9.91. The number of hydrogen-bond donors (Lipinski definition) is 0. The number of halogens is 3. The SMILES string of the molecule is COC1C(Cl)CC1Oc1cc(Br)ccc1F. The molecule has 0 bridgehead atoms. The molecule has 16 heavy (non-hydrogen) atoms. The van der Waals surface area contributed by atoms with Gasteiger partial charge in [-0.1, -0.05) is 15.9 Å². The lowest BCUT2D eigenvalue weighted by molar-refractivity contribution is -0.0596. The smallest absolute Gasteiger partial charge is 0.165 e. The van der Waals surface area contributed by atoms with E-state index in [0.29, 0.717) is 6.42 Å². The summed E-state index contributed by atoms with van der Waals surface area (Å²) in [6.07, 6.45) is 0.336. The number of benzene rings is 1. The van der Waals surface area contributed by atoms with E-state index < -0.39 is 0 Å². The van der Waals surface area contributed by atoms with Crippen LogP contribution in [0.1, 0.15) is 6.42 Å². The van der Waals surface area contributed by atoms with Crippen LogP contribution in [0.5, 0.6) is 5.75 Å². The summed E-state index contributed by atoms with van der Waals surface area (Å²) in [5.74, 6) is -0.152. The first kappa shape index (κ1) is 12.1. The third kappa shape index (κ3) is 2.34. The summed E-state index contributed by atoms with van der Waals surface area (Å²) < 4.78 is 24.9. The summed E-state index contributed by atoms with van der Waals surface area (Å²) >= 11 is 9.21. The van der Waals surface area contributed by atoms with Crippen molar-refractivity contribution in [3.8, 4) is 5.75 Å². The highest BCUT2D eigenvalue weighted by atomic mass is 79.9. The van der Waals surface area contributed by atoms with Crippen LogP contribution in [0.2, 0.25) is 0 Å². The lowest BCUT2D eigenvalue weighted by Crippen LogP contribution is -2.52. The summed E-state index contributed by atoms with van der Waals surface area (Å²) in [5, 5.41) is -0.0507. The van der Waals surface area contributed by atoms with E-state index in [9.17, 15) is 4.39 Å². The molecule has 1 aliphatic rings. The van der Waals surface area contributed by atoms with Gasteiger partial charge in [-0.15, -0.1) is 11.6 Å². The summed E-state index contributed by atoms with van der Waals surface area (Å²) in [5.41, 5.74) is 0. The van der Waals surface area contributed by atoms with Crippen molar-refractivity contribution in [1.82, 2.24) is 0 Å². The fourth-order valence-corrected chi connectivity index (χ4v) is 2.45. The Hall–Kier alpha value is -0.320. The van der Waals surface area contributed by atoms with Crippen LogP contribution in [0, 0.1) is 5.82 Å². The number of hydrogen-bond acceptors (Lipinski definition) is 2. The molecule has 0 aliphatic heterocycles. The Morgan fingerprint density at radius 1 is 1.50 bits per heavy atom. The van der Waals surface area contributed by atoms with E-state index >= 15 is 0 Å². The molecule has 0 radical (unpaired) electrons. The minimum absolute atomic E-state index is 0.0507. The largest absolute Gasteiger partial charge is 0.484 e. The van der Waals surface area contributed by atoms with Crippen LogP contribution in [0.4, 0.5) is 4.39 Å². The Morgan fingerprint density at radius 3 is 2.88 bits per heavy atom. The lowest BCUT2D eigenvalue weighted by Gasteiger charge is -2.39. The van der Waals surface area contributed by atoms with Crippen LogP contribution in [0.15, 0.2) is 22.7 Å². The van der Waals surface area contributed by atoms with Crippen molar-refractivity contribution in [3.63, 3.8) is 0 Å². The topological polar surface area (TPSA) is 18.5 Å². The molecule has 0 saturated heterocycles. The number of methoxy groups -OCH3 is 1. The minimum Gasteiger partial charge on any atom is -0.484 e. The van der Waals surface area contributed by atoms with Crippen molar-refractivity contribution in [1.29, 1.82) is 0 Å². The van der Waals surface area contributed by atoms with Crippen molar-refractivity contribution in [3.05, 3.63) is 28.5 Å². The molecule has 2 nitrogen and oxygen atoms in total. The van der Waals surface area contributed by atoms with E-state index in [2.05, 4.69) is 15.9 Å². The highest BCUT2D eigenvalue weighted by molar-refractivity contribution is 9.10. The minimum atomic E-state index is -0.379. The van der Waals surface area contributed by atoms with E-state index in [1.807, 2.05) is 0 Å². The maximum absolute atomic E-state index is 13.4. The predicted octanol–water partition coefficient (Wildman–Crippen LogP) is 3.36. The molecule has 0 spiro atoms. The zero-order valence-corrected chi connectivity index (χ0v) is 11.0. The molecule has 1 aromatic carbocycles. The second-order valence-corrected chi connectivity index (χ2v) is 5.16. The van der Waals surface area contributed by atoms with Crippen molar-refractivity contribution < 1.29 is 13.9 Å². The maximum atomic E-state index is 13.4. The van der Waals surface area contributed by atoms with Gasteiger partial charge in [0.2, 0.25) is 0 Å². The molecule has 2 rings (SSSR count). The second-order valence-electron chi connectivity index (χ2n) is 3.68. The first-order chi connectivity index (χ1) is 7.61. The summed E-state index contributed by atoms with van der Waals surface area (Å²) in [4.78, 5) is 0. The quantitative estimate of drug-likeness (QED) is 0.797. The number of ether oxygens (including phenoxy) is 2. The summed E-state index contributed by atoms with van der Waals surface area (Å²) in [7, 11) is 1.58. The molecule has 1 saturated carbocycles. The van der Waals surface area contributed by atoms with Gasteiger partial charge < -0.3 is 9.47 Å². The average molecular weight is 310 g/mol. The van der Waals surface area contributed by atoms with Crippen LogP contribution in [0.3, 0.4) is 0 Å². The van der Waals surface area contributed by atoms with Gasteiger partial charge in [0.25, 0.3) is 0 Å². The molecule has 88 valence electrons. The molecule has 5 heteroatoms. The van der Waals surface area contributed by atoms with Gasteiger partial charge in [0.15, 0.2) is 11.6 Å². The normalized spacial score (nSPS) is 28.6. The van der Waals surface area contributed by atoms with Crippen LogP contribution in [-0.2, 0) is 4.74 Å². The molecule has 0 N–H and O–H groups in total. The third-order valence-corrected chi connectivity index (χ3v) is 3.54. The van der Waals surface area contributed by atoms with Gasteiger partial charge in [0, 0.05) is 18.0 Å². The Kier molecular flexibility index (Phi) is 3.72. The van der Waals surface area contributed by atoms with E-state index in [1.165, 1.54) is 6.07 Å². The highest BCUT2D eigenvalue weighted by Gasteiger charge is 2.42. The molecule has 3 unspecified atom stereocenters. The molecule has 1 aromatic rings. The number of alkyl halides is 1. The molecule has 3 atom stereocenters. The van der Waals surface area contributed by atoms with Crippen molar-refractivity contribution in [2.75, 3.05) is 7.11 Å². The van der Waals surface area contributed by atoms with E-state index in [-0.39, 0.29) is 29.2 Å². The van der Waals surface area contributed by atoms with Gasteiger partial charge >= 0.3 is 0 Å². The Balaban J connectivity index is 2.07. The van der Waals surface area contributed by atoms with E-state index in [4.69, 9.17) is 21.1 Å². The van der Waals surface area contributed by atoms with Gasteiger partial charge in [0.05, 0.1) is 5.38 Å². The maximum Gasteiger partial charge on any atom is 0.165 e. The van der Waals surface area contributed by atoms with Crippen LogP contribution in [0.25, 0.3) is 0 Å². The standard InChI is InChI=1S/C11H11BrClFO2/c1-15-11-7(13)5-10(11)16-9-4-6(12)2-3-8(9)14/h2-4,7,10-11H,5H2,1H3. The van der Waals surface area contributed by atoms with Crippen LogP contribution >= 0.6 is 27.5 Å². The fraction of sp³-hybridized carbons (Fsp3) is 0.455. The predicted molar refractivity (Wildman–Crippen MR) is 63.6 cm³/mol. The molecule has 0 aromatic heterocycles. The molecule has 0 amide bonds. The molecule has 1 aliphatic carbocycles. The number of rotatable bonds is 3. The zero-order chi connectivity index (χ0) is 11.7.